The van der Waals surface area contributed by atoms with E-state index in [4.69, 9.17) is 0 Å². The van der Waals surface area contributed by atoms with Gasteiger partial charge in [-0.3, -0.25) is 0 Å². The first kappa shape index (κ1) is 8.79. The lowest BCUT2D eigenvalue weighted by Crippen LogP contribution is -1.90. The van der Waals surface area contributed by atoms with Gasteiger partial charge in [0.05, 0.1) is 0 Å². The van der Waals surface area contributed by atoms with Crippen molar-refractivity contribution in [1.82, 2.24) is 0 Å². The predicted molar refractivity (Wildman–Crippen MR) is 45.8 cm³/mol. The third-order valence-corrected chi connectivity index (χ3v) is 2.75. The van der Waals surface area contributed by atoms with Crippen molar-refractivity contribution in [1.29, 1.82) is 0 Å². The molecule has 0 spiro atoms. The van der Waals surface area contributed by atoms with E-state index in [2.05, 4.69) is 6.58 Å². The topological polar surface area (TPSA) is 19.9 Å². The van der Waals surface area contributed by atoms with Gasteiger partial charge in [0.25, 0.3) is 0 Å². The monoisotopic (exact) mass is 153 g/mol. The predicted octanol–water partition coefficient (Wildman–Crippen LogP) is 2.80. The van der Waals surface area contributed by atoms with Crippen molar-refractivity contribution in [2.24, 2.45) is 11.8 Å². The van der Waals surface area contributed by atoms with Crippen molar-refractivity contribution in [3.63, 3.8) is 0 Å². The molecule has 0 unspecified atom stereocenters. The van der Waals surface area contributed by atoms with Gasteiger partial charge in [0, 0.05) is 0 Å². The van der Waals surface area contributed by atoms with Gasteiger partial charge in [0.2, 0.25) is 0 Å². The van der Waals surface area contributed by atoms with Crippen molar-refractivity contribution in [3.8, 4) is 0 Å². The molecular formula is C10H17O. The first-order chi connectivity index (χ1) is 5.36. The second kappa shape index (κ2) is 4.55. The van der Waals surface area contributed by atoms with Crippen LogP contribution in [0.3, 0.4) is 0 Å². The largest absolute Gasteiger partial charge is 0.232 e. The van der Waals surface area contributed by atoms with Gasteiger partial charge in [-0.15, -0.1) is 6.58 Å². The maximum atomic E-state index is 9.18. The molecule has 2 aliphatic carbocycles. The zero-order valence-corrected chi connectivity index (χ0v) is 7.09. The molecule has 2 saturated carbocycles. The van der Waals surface area contributed by atoms with Crippen LogP contribution < -0.4 is 0 Å². The quantitative estimate of drug-likeness (QED) is 0.516. The van der Waals surface area contributed by atoms with Gasteiger partial charge in [-0.25, -0.2) is 5.11 Å². The van der Waals surface area contributed by atoms with Crippen LogP contribution in [0.5, 0.6) is 0 Å². The maximum Gasteiger partial charge on any atom is 0.100 e. The molecule has 1 heteroatoms. The summed E-state index contributed by atoms with van der Waals surface area (Å²) in [5.41, 5.74) is 0. The van der Waals surface area contributed by atoms with Crippen molar-refractivity contribution < 1.29 is 5.11 Å². The summed E-state index contributed by atoms with van der Waals surface area (Å²) in [6.45, 7) is 3.00. The Morgan fingerprint density at radius 2 is 1.55 bits per heavy atom. The highest BCUT2D eigenvalue weighted by Crippen LogP contribution is 2.43. The SMILES string of the molecule is C1CC2CCC1C2.C=CC[O]. The number of hydrogen-bond donors (Lipinski definition) is 0. The van der Waals surface area contributed by atoms with Crippen molar-refractivity contribution in [2.75, 3.05) is 6.61 Å². The minimum atomic E-state index is -0.167. The van der Waals surface area contributed by atoms with Gasteiger partial charge in [-0.05, 0) is 18.3 Å². The normalized spacial score (nSPS) is 32.8. The number of rotatable bonds is 1. The molecule has 1 radical (unpaired) electrons. The lowest BCUT2D eigenvalue weighted by Gasteiger charge is -2.05. The van der Waals surface area contributed by atoms with Crippen molar-refractivity contribution in [2.45, 2.75) is 32.1 Å². The van der Waals surface area contributed by atoms with E-state index in [1.807, 2.05) is 0 Å². The molecule has 2 fully saturated rings. The smallest absolute Gasteiger partial charge is 0.100 e. The standard InChI is InChI=1S/C7H12.C3H5O/c1-2-7-4-3-6(1)5-7;1-2-3-4/h6-7H,1-5H2;2H,1,3H2. The summed E-state index contributed by atoms with van der Waals surface area (Å²) in [7, 11) is 0. The van der Waals surface area contributed by atoms with Gasteiger partial charge in [0.1, 0.15) is 6.61 Å². The Morgan fingerprint density at radius 3 is 1.64 bits per heavy atom. The third-order valence-electron chi connectivity index (χ3n) is 2.75. The molecule has 11 heavy (non-hydrogen) atoms. The average Bonchev–Trinajstić information content (AvgIpc) is 2.67. The molecular weight excluding hydrogens is 136 g/mol. The molecule has 0 aliphatic heterocycles. The van der Waals surface area contributed by atoms with Crippen molar-refractivity contribution >= 4 is 0 Å². The Labute approximate surface area is 69.1 Å². The Kier molecular flexibility index (Phi) is 3.64. The fourth-order valence-electron chi connectivity index (χ4n) is 2.17. The Balaban J connectivity index is 0.000000134. The van der Waals surface area contributed by atoms with Crippen LogP contribution in [0.15, 0.2) is 12.7 Å². The van der Waals surface area contributed by atoms with Gasteiger partial charge in [-0.1, -0.05) is 31.8 Å². The highest BCUT2D eigenvalue weighted by molar-refractivity contribution is 4.82. The fourth-order valence-corrected chi connectivity index (χ4v) is 2.17. The summed E-state index contributed by atoms with van der Waals surface area (Å²) in [5, 5.41) is 9.18. The minimum Gasteiger partial charge on any atom is -0.232 e. The highest BCUT2D eigenvalue weighted by Gasteiger charge is 2.30. The summed E-state index contributed by atoms with van der Waals surface area (Å²) in [6, 6.07) is 0. The van der Waals surface area contributed by atoms with Gasteiger partial charge >= 0.3 is 0 Å². The zero-order chi connectivity index (χ0) is 8.10. The van der Waals surface area contributed by atoms with E-state index >= 15 is 0 Å². The zero-order valence-electron chi connectivity index (χ0n) is 7.09. The molecule has 0 aromatic carbocycles. The Hall–Kier alpha value is -0.300. The Morgan fingerprint density at radius 1 is 1.18 bits per heavy atom. The molecule has 2 bridgehead atoms. The van der Waals surface area contributed by atoms with Gasteiger partial charge in [-0.2, -0.15) is 0 Å². The molecule has 0 N–H and O–H groups in total. The van der Waals surface area contributed by atoms with Crippen LogP contribution in [0, 0.1) is 11.8 Å². The van der Waals surface area contributed by atoms with Gasteiger partial charge in [0.15, 0.2) is 0 Å². The molecule has 1 nitrogen and oxygen atoms in total. The Bertz CT molecular complexity index is 102. The molecule has 63 valence electrons. The van der Waals surface area contributed by atoms with E-state index in [0.717, 1.165) is 0 Å². The summed E-state index contributed by atoms with van der Waals surface area (Å²) in [4.78, 5) is 0. The molecule has 0 amide bonds. The minimum absolute atomic E-state index is 0.167. The molecule has 0 aromatic rings. The van der Waals surface area contributed by atoms with E-state index in [0.29, 0.717) is 0 Å². The average molecular weight is 153 g/mol. The lowest BCUT2D eigenvalue weighted by atomic mass is 10.0. The highest BCUT2D eigenvalue weighted by atomic mass is 16.2. The fraction of sp³-hybridized carbons (Fsp3) is 0.800. The lowest BCUT2D eigenvalue weighted by molar-refractivity contribution is 0.232. The maximum absolute atomic E-state index is 9.18. The molecule has 2 aliphatic rings. The van der Waals surface area contributed by atoms with Crippen LogP contribution in [0.25, 0.3) is 0 Å². The number of fused-ring (bicyclic) bond motifs is 2. The first-order valence-corrected chi connectivity index (χ1v) is 4.55. The van der Waals surface area contributed by atoms with Gasteiger partial charge < -0.3 is 0 Å². The van der Waals surface area contributed by atoms with Crippen LogP contribution in [0.2, 0.25) is 0 Å². The van der Waals surface area contributed by atoms with E-state index in [-0.39, 0.29) is 6.61 Å². The van der Waals surface area contributed by atoms with E-state index in [9.17, 15) is 5.11 Å². The summed E-state index contributed by atoms with van der Waals surface area (Å²) >= 11 is 0. The number of hydrogen-bond acceptors (Lipinski definition) is 0. The van der Waals surface area contributed by atoms with Crippen LogP contribution in [-0.4, -0.2) is 6.61 Å². The molecule has 2 rings (SSSR count). The summed E-state index contributed by atoms with van der Waals surface area (Å²) < 4.78 is 0. The second-order valence-electron chi connectivity index (χ2n) is 3.58. The van der Waals surface area contributed by atoms with Crippen LogP contribution in [-0.2, 0) is 5.11 Å². The summed E-state index contributed by atoms with van der Waals surface area (Å²) in [5.74, 6) is 2.34. The molecule has 0 atom stereocenters. The van der Waals surface area contributed by atoms with E-state index < -0.39 is 0 Å². The van der Waals surface area contributed by atoms with Crippen molar-refractivity contribution in [3.05, 3.63) is 12.7 Å². The molecule has 0 aromatic heterocycles. The molecule has 0 heterocycles. The van der Waals surface area contributed by atoms with E-state index in [1.165, 1.54) is 17.9 Å². The van der Waals surface area contributed by atoms with E-state index in [1.54, 1.807) is 32.1 Å². The van der Waals surface area contributed by atoms with Crippen LogP contribution in [0.4, 0.5) is 0 Å². The molecule has 0 saturated heterocycles. The summed E-state index contributed by atoms with van der Waals surface area (Å²) in [6.07, 6.45) is 9.14. The second-order valence-corrected chi connectivity index (χ2v) is 3.58. The van der Waals surface area contributed by atoms with Crippen LogP contribution >= 0.6 is 0 Å². The third kappa shape index (κ3) is 2.66. The van der Waals surface area contributed by atoms with Crippen LogP contribution in [0.1, 0.15) is 32.1 Å². The first-order valence-electron chi connectivity index (χ1n) is 4.55.